The second kappa shape index (κ2) is 4.59. The first-order valence-corrected chi connectivity index (χ1v) is 6.55. The zero-order valence-corrected chi connectivity index (χ0v) is 11.2. The maximum atomic E-state index is 10.8. The normalized spacial score (nSPS) is 11.1. The molecule has 0 aromatic carbocycles. The minimum absolute atomic E-state index is 0.194. The van der Waals surface area contributed by atoms with Crippen molar-refractivity contribution in [2.24, 2.45) is 0 Å². The van der Waals surface area contributed by atoms with Gasteiger partial charge in [-0.1, -0.05) is 0 Å². The molecule has 0 radical (unpaired) electrons. The van der Waals surface area contributed by atoms with Gasteiger partial charge in [0.1, 0.15) is 11.8 Å². The first-order valence-electron chi connectivity index (χ1n) is 6.55. The smallest absolute Gasteiger partial charge is 0.358 e. The highest BCUT2D eigenvalue weighted by atomic mass is 16.6. The van der Waals surface area contributed by atoms with Gasteiger partial charge in [-0.05, 0) is 34.2 Å². The van der Waals surface area contributed by atoms with Crippen LogP contribution in [0.1, 0.15) is 0 Å². The zero-order valence-electron chi connectivity index (χ0n) is 11.2. The van der Waals surface area contributed by atoms with Crippen LogP contribution in [-0.4, -0.2) is 24.9 Å². The molecule has 7 nitrogen and oxygen atoms in total. The molecule has 0 amide bonds. The SMILES string of the molecule is O=[N+]([O-])c1cc(-c2ccc3c(n2)[nH]c2ccncc23)ccn1. The maximum Gasteiger partial charge on any atom is 0.364 e. The third kappa shape index (κ3) is 1.87. The maximum absolute atomic E-state index is 10.8. The average molecular weight is 291 g/mol. The zero-order chi connectivity index (χ0) is 15.1. The number of fused-ring (bicyclic) bond motifs is 3. The molecular weight excluding hydrogens is 282 g/mol. The van der Waals surface area contributed by atoms with Crippen LogP contribution in [0.3, 0.4) is 0 Å². The largest absolute Gasteiger partial charge is 0.364 e. The molecule has 0 aliphatic rings. The molecule has 0 aliphatic heterocycles. The highest BCUT2D eigenvalue weighted by molar-refractivity contribution is 6.05. The predicted octanol–water partition coefficient (Wildman–Crippen LogP) is 3.08. The summed E-state index contributed by atoms with van der Waals surface area (Å²) in [4.78, 5) is 25.9. The lowest BCUT2D eigenvalue weighted by atomic mass is 10.1. The van der Waals surface area contributed by atoms with Crippen LogP contribution in [0, 0.1) is 10.1 Å². The van der Waals surface area contributed by atoms with Crippen LogP contribution in [0.5, 0.6) is 0 Å². The standard InChI is InChI=1S/C15H9N5O2/c21-20(22)14-7-9(3-6-17-14)12-2-1-10-11-8-16-5-4-13(11)19-15(10)18-12/h1-8H,(H,18,19). The van der Waals surface area contributed by atoms with E-state index in [4.69, 9.17) is 0 Å². The van der Waals surface area contributed by atoms with Crippen LogP contribution in [0.4, 0.5) is 5.82 Å². The Morgan fingerprint density at radius 2 is 2.00 bits per heavy atom. The average Bonchev–Trinajstić information content (AvgIpc) is 2.92. The first kappa shape index (κ1) is 12.4. The highest BCUT2D eigenvalue weighted by Gasteiger charge is 2.11. The minimum atomic E-state index is -0.517. The van der Waals surface area contributed by atoms with Gasteiger partial charge in [-0.2, -0.15) is 0 Å². The Bertz CT molecular complexity index is 1020. The fourth-order valence-corrected chi connectivity index (χ4v) is 2.46. The summed E-state index contributed by atoms with van der Waals surface area (Å²) in [5, 5.41) is 12.8. The monoisotopic (exact) mass is 291 g/mol. The van der Waals surface area contributed by atoms with E-state index < -0.39 is 4.92 Å². The lowest BCUT2D eigenvalue weighted by Gasteiger charge is -2.00. The van der Waals surface area contributed by atoms with Crippen LogP contribution in [0.2, 0.25) is 0 Å². The second-order valence-electron chi connectivity index (χ2n) is 4.80. The molecule has 4 rings (SSSR count). The third-order valence-corrected chi connectivity index (χ3v) is 3.49. The number of pyridine rings is 3. The second-order valence-corrected chi connectivity index (χ2v) is 4.80. The van der Waals surface area contributed by atoms with Crippen molar-refractivity contribution >= 4 is 27.8 Å². The van der Waals surface area contributed by atoms with Crippen molar-refractivity contribution in [3.8, 4) is 11.3 Å². The molecule has 0 unspecified atom stereocenters. The molecule has 0 aliphatic carbocycles. The number of hydrogen-bond donors (Lipinski definition) is 1. The molecular formula is C15H9N5O2. The summed E-state index contributed by atoms with van der Waals surface area (Å²) >= 11 is 0. The lowest BCUT2D eigenvalue weighted by molar-refractivity contribution is -0.389. The molecule has 0 bridgehead atoms. The van der Waals surface area contributed by atoms with E-state index in [1.54, 1.807) is 18.5 Å². The number of aromatic nitrogens is 4. The molecule has 0 saturated heterocycles. The molecule has 0 atom stereocenters. The van der Waals surface area contributed by atoms with Crippen molar-refractivity contribution in [2.75, 3.05) is 0 Å². The van der Waals surface area contributed by atoms with Crippen LogP contribution >= 0.6 is 0 Å². The molecule has 4 heterocycles. The van der Waals surface area contributed by atoms with E-state index in [0.29, 0.717) is 11.3 Å². The van der Waals surface area contributed by atoms with Crippen LogP contribution in [0.25, 0.3) is 33.2 Å². The Labute approximate surface area is 123 Å². The van der Waals surface area contributed by atoms with Gasteiger partial charge in [0.05, 0.1) is 11.2 Å². The highest BCUT2D eigenvalue weighted by Crippen LogP contribution is 2.27. The molecule has 4 aromatic heterocycles. The Kier molecular flexibility index (Phi) is 2.59. The van der Waals surface area contributed by atoms with Crippen molar-refractivity contribution in [3.63, 3.8) is 0 Å². The molecule has 0 fully saturated rings. The fourth-order valence-electron chi connectivity index (χ4n) is 2.46. The van der Waals surface area contributed by atoms with Crippen molar-refractivity contribution in [3.05, 3.63) is 59.0 Å². The van der Waals surface area contributed by atoms with Crippen LogP contribution in [0.15, 0.2) is 48.9 Å². The van der Waals surface area contributed by atoms with Crippen molar-refractivity contribution in [2.45, 2.75) is 0 Å². The summed E-state index contributed by atoms with van der Waals surface area (Å²) in [5.74, 6) is -0.194. The molecule has 1 N–H and O–H groups in total. The van der Waals surface area contributed by atoms with Crippen molar-refractivity contribution < 1.29 is 4.92 Å². The quantitative estimate of drug-likeness (QED) is 0.452. The number of nitrogens with one attached hydrogen (secondary N) is 1. The van der Waals surface area contributed by atoms with E-state index in [0.717, 1.165) is 21.9 Å². The third-order valence-electron chi connectivity index (χ3n) is 3.49. The summed E-state index contributed by atoms with van der Waals surface area (Å²) in [6.45, 7) is 0. The van der Waals surface area contributed by atoms with E-state index >= 15 is 0 Å². The number of nitro groups is 1. The van der Waals surface area contributed by atoms with Crippen LogP contribution in [-0.2, 0) is 0 Å². The van der Waals surface area contributed by atoms with Gasteiger partial charge in [0.15, 0.2) is 0 Å². The topological polar surface area (TPSA) is 97.6 Å². The summed E-state index contributed by atoms with van der Waals surface area (Å²) < 4.78 is 0. The number of aromatic amines is 1. The van der Waals surface area contributed by atoms with E-state index in [1.165, 1.54) is 12.3 Å². The summed E-state index contributed by atoms with van der Waals surface area (Å²) in [7, 11) is 0. The predicted molar refractivity (Wildman–Crippen MR) is 81.3 cm³/mol. The molecule has 0 spiro atoms. The van der Waals surface area contributed by atoms with Gasteiger partial charge < -0.3 is 15.1 Å². The molecule has 7 heteroatoms. The number of H-pyrrole nitrogens is 1. The first-order chi connectivity index (χ1) is 10.7. The van der Waals surface area contributed by atoms with Crippen LogP contribution < -0.4 is 0 Å². The minimum Gasteiger partial charge on any atom is -0.358 e. The van der Waals surface area contributed by atoms with Gasteiger partial charge in [-0.25, -0.2) is 4.98 Å². The summed E-state index contributed by atoms with van der Waals surface area (Å²) in [6.07, 6.45) is 4.91. The van der Waals surface area contributed by atoms with Gasteiger partial charge in [-0.3, -0.25) is 4.98 Å². The van der Waals surface area contributed by atoms with Crippen molar-refractivity contribution in [1.29, 1.82) is 0 Å². The number of nitrogens with zero attached hydrogens (tertiary/aromatic N) is 4. The Hall–Kier alpha value is -3.35. The Morgan fingerprint density at radius 1 is 1.09 bits per heavy atom. The molecule has 22 heavy (non-hydrogen) atoms. The molecule has 0 saturated carbocycles. The summed E-state index contributed by atoms with van der Waals surface area (Å²) in [5.41, 5.74) is 2.98. The van der Waals surface area contributed by atoms with Gasteiger partial charge in [0, 0.05) is 34.8 Å². The Morgan fingerprint density at radius 3 is 2.86 bits per heavy atom. The molecule has 106 valence electrons. The van der Waals surface area contributed by atoms with Gasteiger partial charge in [-0.15, -0.1) is 0 Å². The Balaban J connectivity index is 1.91. The van der Waals surface area contributed by atoms with Gasteiger partial charge in [0.25, 0.3) is 0 Å². The number of hydrogen-bond acceptors (Lipinski definition) is 5. The number of rotatable bonds is 2. The summed E-state index contributed by atoms with van der Waals surface area (Å²) in [6, 6.07) is 8.77. The molecule has 4 aromatic rings. The van der Waals surface area contributed by atoms with E-state index in [9.17, 15) is 10.1 Å². The lowest BCUT2D eigenvalue weighted by Crippen LogP contribution is -1.92. The van der Waals surface area contributed by atoms with E-state index in [-0.39, 0.29) is 5.82 Å². The van der Waals surface area contributed by atoms with Gasteiger partial charge in [0.2, 0.25) is 0 Å². The fraction of sp³-hybridized carbons (Fsp3) is 0. The van der Waals surface area contributed by atoms with E-state index in [1.807, 2.05) is 18.2 Å². The van der Waals surface area contributed by atoms with Crippen molar-refractivity contribution in [1.82, 2.24) is 19.9 Å². The van der Waals surface area contributed by atoms with E-state index in [2.05, 4.69) is 19.9 Å². The van der Waals surface area contributed by atoms with Gasteiger partial charge >= 0.3 is 5.82 Å².